The average molecular weight is 517 g/mol. The van der Waals surface area contributed by atoms with Gasteiger partial charge in [-0.3, -0.25) is 9.78 Å². The number of rotatable bonds is 5. The van der Waals surface area contributed by atoms with Gasteiger partial charge in [0.05, 0.1) is 5.69 Å². The summed E-state index contributed by atoms with van der Waals surface area (Å²) in [6.07, 6.45) is -2.42. The first-order valence-electron chi connectivity index (χ1n) is 10.4. The lowest BCUT2D eigenvalue weighted by molar-refractivity contribution is -0.141. The van der Waals surface area contributed by atoms with Gasteiger partial charge in [-0.25, -0.2) is 4.98 Å². The van der Waals surface area contributed by atoms with Gasteiger partial charge in [0, 0.05) is 38.2 Å². The van der Waals surface area contributed by atoms with E-state index in [1.807, 2.05) is 32.7 Å². The van der Waals surface area contributed by atoms with Crippen LogP contribution < -0.4 is 20.3 Å². The number of anilines is 3. The summed E-state index contributed by atoms with van der Waals surface area (Å²) >= 11 is 0. The van der Waals surface area contributed by atoms with Crippen molar-refractivity contribution in [1.82, 2.24) is 15.0 Å². The molecule has 8 nitrogen and oxygen atoms in total. The Morgan fingerprint density at radius 2 is 1.89 bits per heavy atom. The zero-order valence-corrected chi connectivity index (χ0v) is 19.7. The number of nitrogens with one attached hydrogen (secondary N) is 2. The molecule has 0 saturated heterocycles. The molecule has 0 radical (unpaired) electrons. The maximum absolute atomic E-state index is 12.8. The average Bonchev–Trinajstić information content (AvgIpc) is 2.66. The zero-order chi connectivity index (χ0) is 23.2. The van der Waals surface area contributed by atoms with Crippen molar-refractivity contribution < 1.29 is 22.7 Å². The number of carbonyl (C=O) groups is 1. The third-order valence-electron chi connectivity index (χ3n) is 5.72. The monoisotopic (exact) mass is 516 g/mol. The minimum Gasteiger partial charge on any atom is -0.490 e. The van der Waals surface area contributed by atoms with Crippen molar-refractivity contribution >= 4 is 36.9 Å². The van der Waals surface area contributed by atoms with Gasteiger partial charge < -0.3 is 20.3 Å². The Kier molecular flexibility index (Phi) is 9.79. The van der Waals surface area contributed by atoms with Gasteiger partial charge >= 0.3 is 6.18 Å². The number of likely N-dealkylation sites (N-methyl/N-ethyl adjacent to an activating group) is 1. The number of carbonyl (C=O) groups excluding carboxylic acids is 1. The van der Waals surface area contributed by atoms with E-state index in [-0.39, 0.29) is 64.1 Å². The second kappa shape index (κ2) is 11.3. The third-order valence-corrected chi connectivity index (χ3v) is 5.72. The van der Waals surface area contributed by atoms with Gasteiger partial charge in [-0.05, 0) is 18.9 Å². The topological polar surface area (TPSA) is 92.3 Å². The predicted molar refractivity (Wildman–Crippen MR) is 137 cm³/mol. The summed E-state index contributed by atoms with van der Waals surface area (Å²) in [6, 6.07) is 2.03. The van der Waals surface area contributed by atoms with Gasteiger partial charge in [-0.2, -0.15) is 31.7 Å². The van der Waals surface area contributed by atoms with E-state index >= 15 is 0 Å². The van der Waals surface area contributed by atoms with Gasteiger partial charge in [-0.15, -0.1) is 0 Å². The van der Waals surface area contributed by atoms with E-state index in [0.717, 1.165) is 12.3 Å². The molecule has 35 heavy (non-hydrogen) atoms. The molecule has 0 bridgehead atoms. The molecule has 2 aromatic rings. The van der Waals surface area contributed by atoms with Crippen LogP contribution in [0.15, 0.2) is 18.3 Å². The molecule has 1 amide bonds. The van der Waals surface area contributed by atoms with E-state index in [0.29, 0.717) is 36.0 Å². The number of fused-ring (bicyclic) bond motifs is 1. The first kappa shape index (κ1) is 30.3. The van der Waals surface area contributed by atoms with E-state index in [9.17, 15) is 18.0 Å². The van der Waals surface area contributed by atoms with Gasteiger partial charge in [0.1, 0.15) is 29.3 Å². The molecule has 0 aromatic carbocycles. The molecule has 0 unspecified atom stereocenters. The summed E-state index contributed by atoms with van der Waals surface area (Å²) in [5.41, 5.74) is 0.286. The fourth-order valence-electron chi connectivity index (χ4n) is 4.07. The molecule has 2 aliphatic rings. The number of hydrogen-bond acceptors (Lipinski definition) is 7. The zero-order valence-electron chi connectivity index (χ0n) is 18.7. The van der Waals surface area contributed by atoms with Crippen LogP contribution in [0, 0.1) is 12.8 Å². The van der Waals surface area contributed by atoms with E-state index in [4.69, 9.17) is 4.74 Å². The van der Waals surface area contributed by atoms with Crippen LogP contribution in [0.25, 0.3) is 0 Å². The molecule has 3 heterocycles. The maximum atomic E-state index is 12.8. The van der Waals surface area contributed by atoms with Gasteiger partial charge in [0.15, 0.2) is 5.82 Å². The van der Waals surface area contributed by atoms with Gasteiger partial charge in [0.2, 0.25) is 11.9 Å². The summed E-state index contributed by atoms with van der Waals surface area (Å²) < 4.78 is 44.1. The molecule has 12 heteroatoms. The molecule has 4 rings (SSSR count). The quantitative estimate of drug-likeness (QED) is 0.577. The molecule has 0 spiro atoms. The lowest BCUT2D eigenvalue weighted by Crippen LogP contribution is -2.50. The number of aromatic nitrogens is 3. The van der Waals surface area contributed by atoms with Crippen molar-refractivity contribution in [2.24, 2.45) is 5.92 Å². The highest BCUT2D eigenvalue weighted by molar-refractivity contribution is 7.59. The van der Waals surface area contributed by atoms with Crippen molar-refractivity contribution in [3.63, 3.8) is 0 Å². The van der Waals surface area contributed by atoms with Crippen LogP contribution in [0.3, 0.4) is 0 Å². The number of alkyl halides is 3. The number of amides is 1. The number of pyridine rings is 1. The van der Waals surface area contributed by atoms with Crippen molar-refractivity contribution in [3.8, 4) is 5.75 Å². The molecular formula is C23H35F3N6O2S. The van der Waals surface area contributed by atoms with Crippen molar-refractivity contribution in [2.75, 3.05) is 22.6 Å². The van der Waals surface area contributed by atoms with Crippen LogP contribution in [0.5, 0.6) is 5.75 Å². The van der Waals surface area contributed by atoms with Crippen molar-refractivity contribution in [1.29, 1.82) is 0 Å². The molecule has 1 fully saturated rings. The predicted octanol–water partition coefficient (Wildman–Crippen LogP) is 5.02. The van der Waals surface area contributed by atoms with E-state index in [1.54, 1.807) is 0 Å². The van der Waals surface area contributed by atoms with Crippen LogP contribution in [0.1, 0.15) is 52.9 Å². The van der Waals surface area contributed by atoms with E-state index in [2.05, 4.69) is 25.6 Å². The number of aryl methyl sites for hydroxylation is 1. The molecule has 2 N–H and O–H groups in total. The molecule has 2 aromatic heterocycles. The highest BCUT2D eigenvalue weighted by Crippen LogP contribution is 2.36. The first-order chi connectivity index (χ1) is 15.0. The van der Waals surface area contributed by atoms with Gasteiger partial charge in [0.25, 0.3) is 0 Å². The summed E-state index contributed by atoms with van der Waals surface area (Å²) in [7, 11) is 1.84. The minimum atomic E-state index is -4.51. The first-order valence-corrected chi connectivity index (χ1v) is 10.4. The van der Waals surface area contributed by atoms with Crippen LogP contribution in [-0.2, 0) is 11.0 Å². The fraction of sp³-hybridized carbons (Fsp3) is 0.565. The summed E-state index contributed by atoms with van der Waals surface area (Å²) in [5, 5.41) is 6.17. The fourth-order valence-corrected chi connectivity index (χ4v) is 4.07. The molecule has 1 atom stereocenters. The highest BCUT2D eigenvalue weighted by Gasteiger charge is 2.37. The third kappa shape index (κ3) is 6.28. The number of hydrogen-bond donors (Lipinski definition) is 2. The summed E-state index contributed by atoms with van der Waals surface area (Å²) in [5.74, 6) is 1.27. The molecular weight excluding hydrogens is 481 g/mol. The maximum Gasteiger partial charge on any atom is 0.433 e. The Morgan fingerprint density at radius 1 is 1.23 bits per heavy atom. The van der Waals surface area contributed by atoms with Crippen LogP contribution in [0.4, 0.5) is 30.6 Å². The normalized spacial score (nSPS) is 20.9. The molecule has 1 aliphatic heterocycles. The summed E-state index contributed by atoms with van der Waals surface area (Å²) in [6.45, 7) is 5.77. The molecule has 1 aliphatic carbocycles. The van der Waals surface area contributed by atoms with Crippen LogP contribution in [0.2, 0.25) is 0 Å². The SMILES string of the molecule is C.C.Cc1nc(NC2CC(Oc3ccnc(C(F)(F)F)c3)C2)nc2c1NC(=O)[C@H](C(C)C)N2C.S. The Balaban J connectivity index is 0.00000204. The second-order valence-corrected chi connectivity index (χ2v) is 8.55. The Bertz CT molecular complexity index is 1030. The Hall–Kier alpha value is -2.76. The lowest BCUT2D eigenvalue weighted by Gasteiger charge is -2.38. The van der Waals surface area contributed by atoms with Crippen LogP contribution in [-0.4, -0.2) is 46.1 Å². The molecule has 1 saturated carbocycles. The number of nitrogens with zero attached hydrogens (tertiary/aromatic N) is 4. The highest BCUT2D eigenvalue weighted by atomic mass is 32.1. The largest absolute Gasteiger partial charge is 0.490 e. The minimum absolute atomic E-state index is 0. The Morgan fingerprint density at radius 3 is 2.49 bits per heavy atom. The van der Waals surface area contributed by atoms with Crippen molar-refractivity contribution in [3.05, 3.63) is 29.7 Å². The van der Waals surface area contributed by atoms with Gasteiger partial charge in [-0.1, -0.05) is 28.7 Å². The van der Waals surface area contributed by atoms with Crippen molar-refractivity contribution in [2.45, 2.75) is 72.8 Å². The van der Waals surface area contributed by atoms with E-state index in [1.165, 1.54) is 6.07 Å². The smallest absolute Gasteiger partial charge is 0.433 e. The van der Waals surface area contributed by atoms with Crippen LogP contribution >= 0.6 is 13.5 Å². The lowest BCUT2D eigenvalue weighted by atomic mass is 9.89. The second-order valence-electron chi connectivity index (χ2n) is 8.55. The van der Waals surface area contributed by atoms with E-state index < -0.39 is 11.9 Å². The number of ether oxygens (including phenoxy) is 1. The standard InChI is InChI=1S/C21H25F3N6O2.2CH4.H2S/c1-10(2)17-19(31)28-16-11(3)26-20(29-18(16)30(17)4)27-12-7-14(8-12)32-13-5-6-25-15(9-13)21(22,23)24;;;/h5-6,9-10,12,14,17H,7-8H2,1-4H3,(H,28,31)(H,26,27,29);2*1H4;1H2/t12?,14?,17-;;;/m0.../s1. The molecule has 196 valence electrons. The number of halogens is 3. The summed E-state index contributed by atoms with van der Waals surface area (Å²) in [4.78, 5) is 26.7. The Labute approximate surface area is 211 Å².